The number of nitro benzene ring substituents is 1. The molecule has 0 aliphatic rings. The van der Waals surface area contributed by atoms with Crippen molar-refractivity contribution in [2.75, 3.05) is 0 Å². The molecular formula is C11H10N4O3. The van der Waals surface area contributed by atoms with Gasteiger partial charge in [0, 0.05) is 23.9 Å². The van der Waals surface area contributed by atoms with E-state index in [2.05, 4.69) is 15.3 Å². The molecule has 7 nitrogen and oxygen atoms in total. The molecule has 1 aromatic carbocycles. The van der Waals surface area contributed by atoms with E-state index in [0.29, 0.717) is 6.54 Å². The van der Waals surface area contributed by atoms with Crippen LogP contribution in [0.15, 0.2) is 36.8 Å². The normalized spacial score (nSPS) is 10.0. The van der Waals surface area contributed by atoms with Crippen molar-refractivity contribution in [2.45, 2.75) is 6.54 Å². The number of carbonyl (C=O) groups is 1. The van der Waals surface area contributed by atoms with Crippen LogP contribution in [0.25, 0.3) is 0 Å². The molecule has 0 unspecified atom stereocenters. The number of nitrogens with zero attached hydrogens (tertiary/aromatic N) is 2. The topological polar surface area (TPSA) is 101 Å². The highest BCUT2D eigenvalue weighted by Crippen LogP contribution is 2.12. The average molecular weight is 246 g/mol. The summed E-state index contributed by atoms with van der Waals surface area (Å²) in [5.41, 5.74) is 0.904. The minimum absolute atomic E-state index is 0.107. The molecule has 0 saturated heterocycles. The number of hydrogen-bond acceptors (Lipinski definition) is 4. The van der Waals surface area contributed by atoms with E-state index in [9.17, 15) is 14.9 Å². The predicted molar refractivity (Wildman–Crippen MR) is 62.9 cm³/mol. The SMILES string of the molecule is O=C(NCc1cnc[nH]1)c1cccc([N+](=O)[O-])c1. The van der Waals surface area contributed by atoms with Crippen LogP contribution >= 0.6 is 0 Å². The Bertz CT molecular complexity index is 565. The molecule has 0 spiro atoms. The Hall–Kier alpha value is -2.70. The van der Waals surface area contributed by atoms with Gasteiger partial charge in [-0.15, -0.1) is 0 Å². The Morgan fingerprint density at radius 1 is 1.50 bits per heavy atom. The quantitative estimate of drug-likeness (QED) is 0.626. The second kappa shape index (κ2) is 5.09. The minimum Gasteiger partial charge on any atom is -0.347 e. The van der Waals surface area contributed by atoms with Crippen LogP contribution in [-0.4, -0.2) is 20.8 Å². The highest BCUT2D eigenvalue weighted by atomic mass is 16.6. The molecule has 0 saturated carbocycles. The fourth-order valence-electron chi connectivity index (χ4n) is 1.42. The number of imidazole rings is 1. The van der Waals surface area contributed by atoms with Gasteiger partial charge in [0.05, 0.1) is 23.5 Å². The van der Waals surface area contributed by atoms with Gasteiger partial charge < -0.3 is 10.3 Å². The van der Waals surface area contributed by atoms with Crippen LogP contribution in [0, 0.1) is 10.1 Å². The second-order valence-corrected chi connectivity index (χ2v) is 3.57. The van der Waals surface area contributed by atoms with Gasteiger partial charge in [-0.3, -0.25) is 14.9 Å². The summed E-state index contributed by atoms with van der Waals surface area (Å²) >= 11 is 0. The molecule has 2 N–H and O–H groups in total. The molecule has 1 amide bonds. The third kappa shape index (κ3) is 2.70. The molecule has 92 valence electrons. The van der Waals surface area contributed by atoms with Crippen LogP contribution in [0.2, 0.25) is 0 Å². The molecule has 0 bridgehead atoms. The zero-order chi connectivity index (χ0) is 13.0. The summed E-state index contributed by atoms with van der Waals surface area (Å²) in [6.45, 7) is 0.293. The summed E-state index contributed by atoms with van der Waals surface area (Å²) in [5.74, 6) is -0.367. The fourth-order valence-corrected chi connectivity index (χ4v) is 1.42. The van der Waals surface area contributed by atoms with Crippen molar-refractivity contribution in [1.82, 2.24) is 15.3 Å². The van der Waals surface area contributed by atoms with Crippen molar-refractivity contribution < 1.29 is 9.72 Å². The molecule has 0 aliphatic carbocycles. The van der Waals surface area contributed by atoms with Crippen molar-refractivity contribution in [2.24, 2.45) is 0 Å². The van der Waals surface area contributed by atoms with Crippen molar-refractivity contribution in [3.05, 3.63) is 58.2 Å². The first-order valence-electron chi connectivity index (χ1n) is 5.17. The minimum atomic E-state index is -0.536. The molecule has 0 atom stereocenters. The number of H-pyrrole nitrogens is 1. The first-order valence-corrected chi connectivity index (χ1v) is 5.17. The number of nitro groups is 1. The molecule has 0 aliphatic heterocycles. The first kappa shape index (κ1) is 11.8. The third-order valence-corrected chi connectivity index (χ3v) is 2.31. The number of rotatable bonds is 4. The predicted octanol–water partition coefficient (Wildman–Crippen LogP) is 1.25. The standard InChI is InChI=1S/C11H10N4O3/c16-11(13-6-9-5-12-7-14-9)8-2-1-3-10(4-8)15(17)18/h1-5,7H,6H2,(H,12,14)(H,13,16). The lowest BCUT2D eigenvalue weighted by molar-refractivity contribution is -0.384. The van der Waals surface area contributed by atoms with E-state index in [1.807, 2.05) is 0 Å². The third-order valence-electron chi connectivity index (χ3n) is 2.31. The van der Waals surface area contributed by atoms with Gasteiger partial charge in [0.25, 0.3) is 11.6 Å². The molecule has 1 heterocycles. The molecule has 0 fully saturated rings. The van der Waals surface area contributed by atoms with Crippen LogP contribution < -0.4 is 5.32 Å². The number of aromatic nitrogens is 2. The molecule has 7 heteroatoms. The summed E-state index contributed by atoms with van der Waals surface area (Å²) in [7, 11) is 0. The molecule has 0 radical (unpaired) electrons. The maximum Gasteiger partial charge on any atom is 0.270 e. The lowest BCUT2D eigenvalue weighted by atomic mass is 10.2. The summed E-state index contributed by atoms with van der Waals surface area (Å²) < 4.78 is 0. The summed E-state index contributed by atoms with van der Waals surface area (Å²) in [6, 6.07) is 5.58. The van der Waals surface area contributed by atoms with E-state index in [1.165, 1.54) is 30.6 Å². The van der Waals surface area contributed by atoms with Crippen LogP contribution in [-0.2, 0) is 6.54 Å². The lowest BCUT2D eigenvalue weighted by Gasteiger charge is -2.03. The molecule has 2 rings (SSSR count). The summed E-state index contributed by atoms with van der Waals surface area (Å²) in [6.07, 6.45) is 3.10. The second-order valence-electron chi connectivity index (χ2n) is 3.57. The fraction of sp³-hybridized carbons (Fsp3) is 0.0909. The van der Waals surface area contributed by atoms with Gasteiger partial charge in [-0.25, -0.2) is 4.98 Å². The Morgan fingerprint density at radius 2 is 2.33 bits per heavy atom. The van der Waals surface area contributed by atoms with E-state index in [1.54, 1.807) is 6.20 Å². The average Bonchev–Trinajstić information content (AvgIpc) is 2.89. The maximum atomic E-state index is 11.7. The van der Waals surface area contributed by atoms with E-state index < -0.39 is 4.92 Å². The number of amides is 1. The number of carbonyl (C=O) groups excluding carboxylic acids is 1. The van der Waals surface area contributed by atoms with Gasteiger partial charge in [0.2, 0.25) is 0 Å². The van der Waals surface area contributed by atoms with E-state index in [4.69, 9.17) is 0 Å². The van der Waals surface area contributed by atoms with Gasteiger partial charge in [-0.1, -0.05) is 6.07 Å². The Balaban J connectivity index is 2.04. The maximum absolute atomic E-state index is 11.7. The van der Waals surface area contributed by atoms with Crippen molar-refractivity contribution in [3.8, 4) is 0 Å². The zero-order valence-electron chi connectivity index (χ0n) is 9.29. The molecule has 2 aromatic rings. The van der Waals surface area contributed by atoms with Gasteiger partial charge in [0.1, 0.15) is 0 Å². The van der Waals surface area contributed by atoms with E-state index in [-0.39, 0.29) is 17.2 Å². The number of nitrogens with one attached hydrogen (secondary N) is 2. The van der Waals surface area contributed by atoms with Gasteiger partial charge >= 0.3 is 0 Å². The van der Waals surface area contributed by atoms with Crippen LogP contribution in [0.3, 0.4) is 0 Å². The smallest absolute Gasteiger partial charge is 0.270 e. The number of aromatic amines is 1. The van der Waals surface area contributed by atoms with Crippen molar-refractivity contribution >= 4 is 11.6 Å². The summed E-state index contributed by atoms with van der Waals surface area (Å²) in [5, 5.41) is 13.2. The molecule has 18 heavy (non-hydrogen) atoms. The zero-order valence-corrected chi connectivity index (χ0v) is 9.29. The van der Waals surface area contributed by atoms with Crippen LogP contribution in [0.4, 0.5) is 5.69 Å². The molecule has 1 aromatic heterocycles. The molecular weight excluding hydrogens is 236 g/mol. The highest BCUT2D eigenvalue weighted by molar-refractivity contribution is 5.94. The number of benzene rings is 1. The van der Waals surface area contributed by atoms with Gasteiger partial charge in [0.15, 0.2) is 0 Å². The first-order chi connectivity index (χ1) is 8.66. The van der Waals surface area contributed by atoms with E-state index in [0.717, 1.165) is 5.69 Å². The van der Waals surface area contributed by atoms with Crippen molar-refractivity contribution in [1.29, 1.82) is 0 Å². The number of hydrogen-bond donors (Lipinski definition) is 2. The monoisotopic (exact) mass is 246 g/mol. The van der Waals surface area contributed by atoms with Crippen LogP contribution in [0.5, 0.6) is 0 Å². The van der Waals surface area contributed by atoms with Gasteiger partial charge in [-0.05, 0) is 6.07 Å². The lowest BCUT2D eigenvalue weighted by Crippen LogP contribution is -2.22. The van der Waals surface area contributed by atoms with Crippen molar-refractivity contribution in [3.63, 3.8) is 0 Å². The van der Waals surface area contributed by atoms with Gasteiger partial charge in [-0.2, -0.15) is 0 Å². The van der Waals surface area contributed by atoms with E-state index >= 15 is 0 Å². The highest BCUT2D eigenvalue weighted by Gasteiger charge is 2.11. The van der Waals surface area contributed by atoms with Crippen LogP contribution in [0.1, 0.15) is 16.1 Å². The summed E-state index contributed by atoms with van der Waals surface area (Å²) in [4.78, 5) is 28.4. The Morgan fingerprint density at radius 3 is 3.00 bits per heavy atom. The number of non-ortho nitro benzene ring substituents is 1. The largest absolute Gasteiger partial charge is 0.347 e. The Kier molecular flexibility index (Phi) is 3.33. The Labute approximate surface area is 102 Å².